The topological polar surface area (TPSA) is 100 Å². The van der Waals surface area contributed by atoms with E-state index in [0.717, 1.165) is 0 Å². The number of hydrogen-bond donors (Lipinski definition) is 1. The minimum Gasteiger partial charge on any atom is -0.481 e. The van der Waals surface area contributed by atoms with E-state index in [4.69, 9.17) is 33.1 Å². The number of ether oxygens (including phenoxy) is 1. The van der Waals surface area contributed by atoms with Gasteiger partial charge in [0.2, 0.25) is 28.3 Å². The summed E-state index contributed by atoms with van der Waals surface area (Å²) in [6.07, 6.45) is -0.842. The molecule has 12 heteroatoms. The van der Waals surface area contributed by atoms with Gasteiger partial charge in [-0.05, 0) is 12.1 Å². The molecule has 1 aromatic carbocycles. The van der Waals surface area contributed by atoms with Gasteiger partial charge in [-0.3, -0.25) is 4.57 Å². The zero-order chi connectivity index (χ0) is 19.9. The van der Waals surface area contributed by atoms with Gasteiger partial charge in [0.1, 0.15) is 4.90 Å². The second-order valence-electron chi connectivity index (χ2n) is 5.47. The van der Waals surface area contributed by atoms with E-state index in [0.29, 0.717) is 0 Å². The molecule has 2 aromatic heterocycles. The van der Waals surface area contributed by atoms with Crippen LogP contribution in [0, 0.1) is 0 Å². The molecule has 3 rings (SSSR count). The lowest BCUT2D eigenvalue weighted by Crippen LogP contribution is -2.11. The lowest BCUT2D eigenvalue weighted by Gasteiger charge is -2.10. The highest BCUT2D eigenvalue weighted by molar-refractivity contribution is 7.89. The van der Waals surface area contributed by atoms with E-state index in [1.54, 1.807) is 0 Å². The highest BCUT2D eigenvalue weighted by Crippen LogP contribution is 2.36. The van der Waals surface area contributed by atoms with E-state index in [-0.39, 0.29) is 43.2 Å². The molecule has 0 radical (unpaired) electrons. The van der Waals surface area contributed by atoms with Gasteiger partial charge in [0.25, 0.3) is 0 Å². The third kappa shape index (κ3) is 3.70. The molecule has 2 heterocycles. The highest BCUT2D eigenvalue weighted by Gasteiger charge is 2.23. The Morgan fingerprint density at radius 1 is 1.33 bits per heavy atom. The number of alkyl halides is 2. The zero-order valence-electron chi connectivity index (χ0n) is 13.7. The normalized spacial score (nSPS) is 12.1. The lowest BCUT2D eigenvalue weighted by atomic mass is 10.2. The Hall–Kier alpha value is -2.01. The Labute approximate surface area is 162 Å². The predicted molar refractivity (Wildman–Crippen MR) is 96.5 cm³/mol. The summed E-state index contributed by atoms with van der Waals surface area (Å²) < 4.78 is 55.5. The molecule has 0 aliphatic carbocycles. The molecule has 0 unspecified atom stereocenters. The minimum atomic E-state index is -4.09. The van der Waals surface area contributed by atoms with Crippen molar-refractivity contribution in [2.45, 2.75) is 17.7 Å². The number of nitrogens with two attached hydrogens (primary N) is 1. The van der Waals surface area contributed by atoms with Crippen molar-refractivity contribution in [3.8, 4) is 11.8 Å². The number of primary sulfonamides is 1. The summed E-state index contributed by atoms with van der Waals surface area (Å²) in [5.41, 5.74) is 0.306. The minimum absolute atomic E-state index is 0.0473. The molecule has 0 saturated heterocycles. The fourth-order valence-electron chi connectivity index (χ4n) is 2.59. The molecule has 2 N–H and O–H groups in total. The van der Waals surface area contributed by atoms with E-state index in [1.807, 2.05) is 0 Å². The van der Waals surface area contributed by atoms with Gasteiger partial charge in [-0.25, -0.2) is 27.3 Å². The van der Waals surface area contributed by atoms with Gasteiger partial charge in [-0.15, -0.1) is 0 Å². The van der Waals surface area contributed by atoms with Gasteiger partial charge in [0, 0.05) is 29.8 Å². The molecule has 0 aliphatic heterocycles. The summed E-state index contributed by atoms with van der Waals surface area (Å²) >= 11 is 12.3. The summed E-state index contributed by atoms with van der Waals surface area (Å²) in [5.74, 6) is -0.119. The molecule has 0 fully saturated rings. The molecule has 0 aliphatic rings. The van der Waals surface area contributed by atoms with Crippen LogP contribution in [0.3, 0.4) is 0 Å². The first-order valence-corrected chi connectivity index (χ1v) is 9.64. The van der Waals surface area contributed by atoms with Crippen LogP contribution in [0.15, 0.2) is 29.4 Å². The van der Waals surface area contributed by atoms with Crippen molar-refractivity contribution in [3.05, 3.63) is 40.1 Å². The summed E-state index contributed by atoms with van der Waals surface area (Å²) in [5, 5.41) is 5.72. The Bertz CT molecular complexity index is 1140. The van der Waals surface area contributed by atoms with E-state index in [1.165, 1.54) is 36.2 Å². The quantitative estimate of drug-likeness (QED) is 0.661. The third-order valence-corrected chi connectivity index (χ3v) is 5.46. The number of fused-ring (bicyclic) bond motifs is 1. The van der Waals surface area contributed by atoms with Crippen LogP contribution >= 0.6 is 23.2 Å². The molecule has 0 amide bonds. The van der Waals surface area contributed by atoms with Crippen LogP contribution in [-0.4, -0.2) is 36.5 Å². The van der Waals surface area contributed by atoms with Crippen molar-refractivity contribution < 1.29 is 21.9 Å². The monoisotopic (exact) mass is 436 g/mol. The maximum absolute atomic E-state index is 12.7. The van der Waals surface area contributed by atoms with Gasteiger partial charge in [0.15, 0.2) is 0 Å². The number of nitrogens with zero attached hydrogens (tertiary/aromatic N) is 3. The van der Waals surface area contributed by atoms with Crippen LogP contribution in [0.5, 0.6) is 5.88 Å². The Morgan fingerprint density at radius 2 is 2.04 bits per heavy atom. The van der Waals surface area contributed by atoms with Crippen LogP contribution in [0.4, 0.5) is 8.78 Å². The second-order valence-corrected chi connectivity index (χ2v) is 7.78. The van der Waals surface area contributed by atoms with Crippen LogP contribution in [-0.2, 0) is 16.4 Å². The van der Waals surface area contributed by atoms with E-state index < -0.39 is 22.9 Å². The average molecular weight is 437 g/mol. The number of aromatic nitrogens is 3. The molecule has 7 nitrogen and oxygen atoms in total. The molecule has 0 spiro atoms. The molecule has 144 valence electrons. The molecule has 3 aromatic rings. The fourth-order valence-corrected chi connectivity index (χ4v) is 3.72. The first-order chi connectivity index (χ1) is 12.6. The predicted octanol–water partition coefficient (Wildman–Crippen LogP) is 3.19. The first-order valence-electron chi connectivity index (χ1n) is 7.33. The van der Waals surface area contributed by atoms with E-state index in [9.17, 15) is 17.2 Å². The van der Waals surface area contributed by atoms with E-state index >= 15 is 0 Å². The summed E-state index contributed by atoms with van der Waals surface area (Å²) in [7, 11) is -2.82. The van der Waals surface area contributed by atoms with Crippen molar-refractivity contribution in [3.63, 3.8) is 0 Å². The smallest absolute Gasteiger partial charge is 0.242 e. The number of halogens is 4. The van der Waals surface area contributed by atoms with Crippen molar-refractivity contribution in [1.29, 1.82) is 0 Å². The van der Waals surface area contributed by atoms with Crippen LogP contribution in [0.1, 0.15) is 5.56 Å². The van der Waals surface area contributed by atoms with Crippen molar-refractivity contribution in [2.24, 2.45) is 5.14 Å². The number of methoxy groups -OCH3 is 1. The first kappa shape index (κ1) is 19.7. The SMILES string of the molecule is COc1nc(-n2cc(S(N)(=O)=O)c3ccc(Cl)c(Cl)c32)ncc1CC(F)F. The average Bonchev–Trinajstić information content (AvgIpc) is 2.98. The molecular weight excluding hydrogens is 425 g/mol. The molecule has 0 saturated carbocycles. The third-order valence-electron chi connectivity index (χ3n) is 3.72. The van der Waals surface area contributed by atoms with Crippen molar-refractivity contribution in [1.82, 2.24) is 14.5 Å². The molecule has 0 atom stereocenters. The summed E-state index contributed by atoms with van der Waals surface area (Å²) in [6, 6.07) is 2.88. The van der Waals surface area contributed by atoms with Gasteiger partial charge < -0.3 is 4.74 Å². The number of hydrogen-bond acceptors (Lipinski definition) is 5. The summed E-state index contributed by atoms with van der Waals surface area (Å²) in [6.45, 7) is 0. The Morgan fingerprint density at radius 3 is 2.63 bits per heavy atom. The van der Waals surface area contributed by atoms with Gasteiger partial charge in [-0.2, -0.15) is 4.98 Å². The van der Waals surface area contributed by atoms with Crippen LogP contribution in [0.25, 0.3) is 16.9 Å². The lowest BCUT2D eigenvalue weighted by molar-refractivity contribution is 0.147. The second kappa shape index (κ2) is 7.19. The molecular formula is C15H12Cl2F2N4O3S. The number of benzene rings is 1. The maximum atomic E-state index is 12.7. The molecule has 27 heavy (non-hydrogen) atoms. The molecule has 0 bridgehead atoms. The largest absolute Gasteiger partial charge is 0.481 e. The van der Waals surface area contributed by atoms with Crippen molar-refractivity contribution in [2.75, 3.05) is 7.11 Å². The number of sulfonamides is 1. The standard InChI is InChI=1S/C15H12Cl2F2N4O3S/c1-26-14-7(4-11(18)19)5-21-15(22-14)23-6-10(27(20,24)25)8-2-3-9(16)12(17)13(8)23/h2-3,5-6,11H,4H2,1H3,(H2,20,24,25). The van der Waals surface area contributed by atoms with E-state index in [2.05, 4.69) is 9.97 Å². The van der Waals surface area contributed by atoms with Gasteiger partial charge in [0.05, 0.1) is 22.7 Å². The Balaban J connectivity index is 2.30. The van der Waals surface area contributed by atoms with Crippen LogP contribution < -0.4 is 9.88 Å². The van der Waals surface area contributed by atoms with Gasteiger partial charge in [-0.1, -0.05) is 23.2 Å². The summed E-state index contributed by atoms with van der Waals surface area (Å²) in [4.78, 5) is 7.91. The van der Waals surface area contributed by atoms with Crippen molar-refractivity contribution >= 4 is 44.1 Å². The fraction of sp³-hybridized carbons (Fsp3) is 0.200. The number of rotatable bonds is 5. The highest BCUT2D eigenvalue weighted by atomic mass is 35.5. The Kier molecular flexibility index (Phi) is 5.26. The van der Waals surface area contributed by atoms with Gasteiger partial charge >= 0.3 is 0 Å². The van der Waals surface area contributed by atoms with Crippen LogP contribution in [0.2, 0.25) is 10.0 Å². The maximum Gasteiger partial charge on any atom is 0.242 e. The zero-order valence-corrected chi connectivity index (χ0v) is 16.0.